The van der Waals surface area contributed by atoms with Crippen LogP contribution in [0.5, 0.6) is 0 Å². The highest BCUT2D eigenvalue weighted by Gasteiger charge is 2.71. The smallest absolute Gasteiger partial charge is 0.0468 e. The third kappa shape index (κ3) is 0.539. The molecule has 3 aliphatic carbocycles. The van der Waals surface area contributed by atoms with Crippen LogP contribution >= 0.6 is 0 Å². The molecule has 2 nitrogen and oxygen atoms in total. The van der Waals surface area contributed by atoms with Crippen LogP contribution in [0, 0.1) is 29.1 Å². The number of aliphatic hydroxyl groups excluding tert-OH is 2. The van der Waals surface area contributed by atoms with Gasteiger partial charge in [0.05, 0.1) is 0 Å². The molecule has 0 radical (unpaired) electrons. The van der Waals surface area contributed by atoms with Gasteiger partial charge in [0.25, 0.3) is 0 Å². The Morgan fingerprint density at radius 3 is 2.50 bits per heavy atom. The molecule has 0 amide bonds. The predicted octanol–water partition coefficient (Wildman–Crippen LogP) is 0.409. The van der Waals surface area contributed by atoms with Crippen LogP contribution in [0.3, 0.4) is 0 Å². The minimum Gasteiger partial charge on any atom is -0.396 e. The number of allylic oxidation sites excluding steroid dienone is 2. The summed E-state index contributed by atoms with van der Waals surface area (Å²) in [5.41, 5.74) is 0.445. The highest BCUT2D eigenvalue weighted by Crippen LogP contribution is 2.75. The second-order valence-corrected chi connectivity index (χ2v) is 4.50. The van der Waals surface area contributed by atoms with Crippen molar-refractivity contribution < 1.29 is 10.2 Å². The van der Waals surface area contributed by atoms with E-state index in [0.717, 1.165) is 0 Å². The van der Waals surface area contributed by atoms with Crippen molar-refractivity contribution in [3.63, 3.8) is 0 Å². The molecule has 2 heteroatoms. The van der Waals surface area contributed by atoms with Crippen LogP contribution in [0.2, 0.25) is 0 Å². The van der Waals surface area contributed by atoms with Crippen LogP contribution in [-0.4, -0.2) is 23.4 Å². The van der Waals surface area contributed by atoms with Crippen LogP contribution in [-0.2, 0) is 0 Å². The van der Waals surface area contributed by atoms with Gasteiger partial charge >= 0.3 is 0 Å². The second-order valence-electron chi connectivity index (χ2n) is 4.50. The second kappa shape index (κ2) is 1.94. The Bertz CT molecular complexity index is 248. The van der Waals surface area contributed by atoms with Crippen LogP contribution in [0.25, 0.3) is 0 Å². The molecule has 3 rings (SSSR count). The van der Waals surface area contributed by atoms with Gasteiger partial charge in [-0.2, -0.15) is 0 Å². The lowest BCUT2D eigenvalue weighted by molar-refractivity contribution is 0.103. The summed E-state index contributed by atoms with van der Waals surface area (Å²) >= 11 is 0. The maximum atomic E-state index is 9.19. The van der Waals surface area contributed by atoms with Gasteiger partial charge in [-0.25, -0.2) is 0 Å². The molecular formula is C10H14O2. The Hall–Kier alpha value is -0.340. The van der Waals surface area contributed by atoms with E-state index in [1.807, 2.05) is 0 Å². The van der Waals surface area contributed by atoms with Crippen molar-refractivity contribution in [2.75, 3.05) is 13.2 Å². The van der Waals surface area contributed by atoms with Gasteiger partial charge in [0.15, 0.2) is 0 Å². The van der Waals surface area contributed by atoms with Crippen molar-refractivity contribution in [2.45, 2.75) is 6.42 Å². The fourth-order valence-electron chi connectivity index (χ4n) is 3.52. The Morgan fingerprint density at radius 1 is 1.25 bits per heavy atom. The highest BCUT2D eigenvalue weighted by atomic mass is 16.3. The zero-order valence-electron chi connectivity index (χ0n) is 6.98. The Balaban J connectivity index is 1.91. The third-order valence-corrected chi connectivity index (χ3v) is 4.29. The number of hydrogen-bond donors (Lipinski definition) is 2. The summed E-state index contributed by atoms with van der Waals surface area (Å²) in [5.74, 6) is 1.99. The van der Waals surface area contributed by atoms with Gasteiger partial charge in [-0.15, -0.1) is 0 Å². The Kier molecular flexibility index (Phi) is 1.15. The molecule has 3 aliphatic rings. The molecule has 0 aromatic heterocycles. The minimum atomic E-state index is 0.248. The average Bonchev–Trinajstić information content (AvgIpc) is 2.75. The van der Waals surface area contributed by atoms with E-state index < -0.39 is 0 Å². The molecule has 2 N–H and O–H groups in total. The lowest BCUT2D eigenvalue weighted by atomic mass is 9.74. The average molecular weight is 166 g/mol. The topological polar surface area (TPSA) is 40.5 Å². The minimum absolute atomic E-state index is 0.248. The van der Waals surface area contributed by atoms with Crippen molar-refractivity contribution in [1.29, 1.82) is 0 Å². The summed E-state index contributed by atoms with van der Waals surface area (Å²) in [6.07, 6.45) is 5.77. The zero-order chi connectivity index (χ0) is 8.34. The summed E-state index contributed by atoms with van der Waals surface area (Å²) in [5, 5.41) is 18.4. The van der Waals surface area contributed by atoms with E-state index >= 15 is 0 Å². The monoisotopic (exact) mass is 166 g/mol. The summed E-state index contributed by atoms with van der Waals surface area (Å²) in [6, 6.07) is 0. The van der Waals surface area contributed by atoms with Crippen molar-refractivity contribution in [3.05, 3.63) is 12.2 Å². The summed E-state index contributed by atoms with van der Waals surface area (Å²) < 4.78 is 0. The first-order valence-electron chi connectivity index (χ1n) is 4.74. The van der Waals surface area contributed by atoms with E-state index in [-0.39, 0.29) is 13.2 Å². The molecule has 0 aromatic rings. The molecule has 66 valence electrons. The van der Waals surface area contributed by atoms with E-state index in [4.69, 9.17) is 0 Å². The molecule has 0 heterocycles. The molecule has 12 heavy (non-hydrogen) atoms. The molecule has 5 unspecified atom stereocenters. The lowest BCUT2D eigenvalue weighted by Gasteiger charge is -2.31. The molecule has 0 aromatic carbocycles. The predicted molar refractivity (Wildman–Crippen MR) is 44.3 cm³/mol. The SMILES string of the molecule is OCC1C(CO)C2CC23C=CC13. The first kappa shape index (κ1) is 7.10. The van der Waals surface area contributed by atoms with Crippen molar-refractivity contribution in [2.24, 2.45) is 29.1 Å². The number of hydrogen-bond acceptors (Lipinski definition) is 2. The van der Waals surface area contributed by atoms with Crippen molar-refractivity contribution >= 4 is 0 Å². The standard InChI is InChI=1S/C10H14O2/c11-4-6-7(5-12)9-3-10(9)2-1-8(6)10/h1-2,6-9,11-12H,3-5H2. The van der Waals surface area contributed by atoms with Gasteiger partial charge in [-0.05, 0) is 35.5 Å². The van der Waals surface area contributed by atoms with Gasteiger partial charge in [0.1, 0.15) is 0 Å². The van der Waals surface area contributed by atoms with Gasteiger partial charge in [0, 0.05) is 13.2 Å². The first-order valence-corrected chi connectivity index (χ1v) is 4.74. The van der Waals surface area contributed by atoms with Crippen LogP contribution in [0.4, 0.5) is 0 Å². The Morgan fingerprint density at radius 2 is 2.00 bits per heavy atom. The fraction of sp³-hybridized carbons (Fsp3) is 0.800. The third-order valence-electron chi connectivity index (χ3n) is 4.29. The molecule has 2 fully saturated rings. The zero-order valence-corrected chi connectivity index (χ0v) is 6.98. The fourth-order valence-corrected chi connectivity index (χ4v) is 3.52. The largest absolute Gasteiger partial charge is 0.396 e. The molecule has 0 aliphatic heterocycles. The van der Waals surface area contributed by atoms with E-state index in [9.17, 15) is 10.2 Å². The summed E-state index contributed by atoms with van der Waals surface area (Å²) in [7, 11) is 0. The molecule has 2 saturated carbocycles. The normalized spacial score (nSPS) is 59.2. The quantitative estimate of drug-likeness (QED) is 0.583. The summed E-state index contributed by atoms with van der Waals surface area (Å²) in [4.78, 5) is 0. The maximum Gasteiger partial charge on any atom is 0.0468 e. The van der Waals surface area contributed by atoms with Gasteiger partial charge < -0.3 is 10.2 Å². The van der Waals surface area contributed by atoms with Crippen LogP contribution in [0.15, 0.2) is 12.2 Å². The first-order chi connectivity index (χ1) is 5.83. The van der Waals surface area contributed by atoms with Gasteiger partial charge in [-0.3, -0.25) is 0 Å². The van der Waals surface area contributed by atoms with Gasteiger partial charge in [-0.1, -0.05) is 12.2 Å². The maximum absolute atomic E-state index is 9.19. The van der Waals surface area contributed by atoms with E-state index in [0.29, 0.717) is 29.1 Å². The number of rotatable bonds is 2. The molecular weight excluding hydrogens is 152 g/mol. The van der Waals surface area contributed by atoms with Crippen LogP contribution < -0.4 is 0 Å². The van der Waals surface area contributed by atoms with Crippen LogP contribution in [0.1, 0.15) is 6.42 Å². The number of aliphatic hydroxyl groups is 2. The molecule has 0 saturated heterocycles. The highest BCUT2D eigenvalue weighted by molar-refractivity contribution is 5.36. The summed E-state index contributed by atoms with van der Waals surface area (Å²) in [6.45, 7) is 0.508. The lowest BCUT2D eigenvalue weighted by Crippen LogP contribution is -2.29. The van der Waals surface area contributed by atoms with E-state index in [1.54, 1.807) is 0 Å². The van der Waals surface area contributed by atoms with Crippen molar-refractivity contribution in [1.82, 2.24) is 0 Å². The van der Waals surface area contributed by atoms with E-state index in [1.165, 1.54) is 6.42 Å². The Labute approximate surface area is 71.9 Å². The van der Waals surface area contributed by atoms with E-state index in [2.05, 4.69) is 12.2 Å². The molecule has 0 bridgehead atoms. The molecule has 1 spiro atoms. The van der Waals surface area contributed by atoms with Crippen molar-refractivity contribution in [3.8, 4) is 0 Å². The van der Waals surface area contributed by atoms with Gasteiger partial charge in [0.2, 0.25) is 0 Å². The molecule has 5 atom stereocenters.